The van der Waals surface area contributed by atoms with Crippen LogP contribution in [0.25, 0.3) is 0 Å². The lowest BCUT2D eigenvalue weighted by Gasteiger charge is -2.40. The van der Waals surface area contributed by atoms with Crippen LogP contribution in [0, 0.1) is 47.3 Å². The van der Waals surface area contributed by atoms with Gasteiger partial charge in [0.2, 0.25) is 0 Å². The smallest absolute Gasteiger partial charge is 0.307 e. The van der Waals surface area contributed by atoms with Crippen LogP contribution < -0.4 is 0 Å². The van der Waals surface area contributed by atoms with Crippen LogP contribution in [0.2, 0.25) is 0 Å². The van der Waals surface area contributed by atoms with Crippen molar-refractivity contribution in [2.45, 2.75) is 26.2 Å². The molecule has 4 bridgehead atoms. The van der Waals surface area contributed by atoms with Gasteiger partial charge in [0.05, 0.1) is 5.92 Å². The minimum absolute atomic E-state index is 0.0287. The fourth-order valence-electron chi connectivity index (χ4n) is 6.09. The topological polar surface area (TPSA) is 37.3 Å². The maximum Gasteiger partial charge on any atom is 0.307 e. The molecule has 4 aliphatic rings. The average Bonchev–Trinajstić information content (AvgIpc) is 3.03. The lowest BCUT2D eigenvalue weighted by molar-refractivity contribution is -0.147. The largest absolute Gasteiger partial charge is 0.481 e. The summed E-state index contributed by atoms with van der Waals surface area (Å²) in [5, 5.41) is 9.51. The molecule has 4 rings (SSSR count). The van der Waals surface area contributed by atoms with Crippen molar-refractivity contribution in [1.29, 1.82) is 0 Å². The lowest BCUT2D eigenvalue weighted by atomic mass is 9.64. The Morgan fingerprint density at radius 2 is 1.82 bits per heavy atom. The Bertz CT molecular complexity index is 400. The Labute approximate surface area is 102 Å². The molecule has 0 amide bonds. The SMILES string of the molecule is CCC1C2CC(C1C(=O)O)C1C3C=CC(C3)C21. The average molecular weight is 232 g/mol. The molecule has 0 aromatic rings. The van der Waals surface area contributed by atoms with Gasteiger partial charge in [0.25, 0.3) is 0 Å². The second kappa shape index (κ2) is 3.15. The zero-order valence-corrected chi connectivity index (χ0v) is 10.3. The highest BCUT2D eigenvalue weighted by Gasteiger charge is 2.65. The third kappa shape index (κ3) is 1.05. The summed E-state index contributed by atoms with van der Waals surface area (Å²) in [6, 6.07) is 0. The number of carboxylic acid groups (broad SMARTS) is 1. The van der Waals surface area contributed by atoms with Gasteiger partial charge in [-0.2, -0.15) is 0 Å². The third-order valence-corrected chi connectivity index (χ3v) is 6.35. The molecule has 3 saturated carbocycles. The Morgan fingerprint density at radius 1 is 1.18 bits per heavy atom. The van der Waals surface area contributed by atoms with Crippen LogP contribution >= 0.6 is 0 Å². The number of hydrogen-bond acceptors (Lipinski definition) is 1. The first-order valence-electron chi connectivity index (χ1n) is 7.13. The molecule has 2 heteroatoms. The van der Waals surface area contributed by atoms with Crippen LogP contribution in [0.4, 0.5) is 0 Å². The second-order valence-electron chi connectivity index (χ2n) is 6.60. The highest BCUT2D eigenvalue weighted by atomic mass is 16.4. The summed E-state index contributed by atoms with van der Waals surface area (Å²) in [7, 11) is 0. The van der Waals surface area contributed by atoms with E-state index in [0.29, 0.717) is 11.8 Å². The lowest BCUT2D eigenvalue weighted by Crippen LogP contribution is -2.40. The molecule has 17 heavy (non-hydrogen) atoms. The summed E-state index contributed by atoms with van der Waals surface area (Å²) in [4.78, 5) is 11.5. The van der Waals surface area contributed by atoms with Crippen LogP contribution in [-0.2, 0) is 4.79 Å². The first-order valence-corrected chi connectivity index (χ1v) is 7.13. The number of allylic oxidation sites excluding steroid dienone is 2. The van der Waals surface area contributed by atoms with E-state index in [4.69, 9.17) is 0 Å². The predicted molar refractivity (Wildman–Crippen MR) is 64.2 cm³/mol. The summed E-state index contributed by atoms with van der Waals surface area (Å²) in [6.07, 6.45) is 8.40. The number of carboxylic acids is 1. The summed E-state index contributed by atoms with van der Waals surface area (Å²) in [5.41, 5.74) is 0. The van der Waals surface area contributed by atoms with Gasteiger partial charge in [-0.05, 0) is 54.3 Å². The molecule has 0 heterocycles. The molecule has 4 aliphatic carbocycles. The van der Waals surface area contributed by atoms with E-state index in [1.807, 2.05) is 0 Å². The molecule has 8 atom stereocenters. The van der Waals surface area contributed by atoms with E-state index in [0.717, 1.165) is 36.0 Å². The predicted octanol–water partition coefficient (Wildman–Crippen LogP) is 2.80. The molecule has 8 unspecified atom stereocenters. The van der Waals surface area contributed by atoms with Crippen molar-refractivity contribution < 1.29 is 9.90 Å². The van der Waals surface area contributed by atoms with Crippen LogP contribution in [0.1, 0.15) is 26.2 Å². The Kier molecular flexibility index (Phi) is 1.88. The number of rotatable bonds is 2. The molecule has 3 fully saturated rings. The highest BCUT2D eigenvalue weighted by molar-refractivity contribution is 5.72. The molecule has 0 aromatic heterocycles. The standard InChI is InChI=1S/C15H20O2/c1-2-9-10-6-11(14(9)15(16)17)13-8-4-3-7(5-8)12(10)13/h3-4,7-14H,2,5-6H2,1H3,(H,16,17). The van der Waals surface area contributed by atoms with Crippen molar-refractivity contribution in [3.8, 4) is 0 Å². The maximum atomic E-state index is 11.5. The van der Waals surface area contributed by atoms with Gasteiger partial charge in [0, 0.05) is 0 Å². The summed E-state index contributed by atoms with van der Waals surface area (Å²) >= 11 is 0. The van der Waals surface area contributed by atoms with Gasteiger partial charge in [0.15, 0.2) is 0 Å². The molecule has 0 aliphatic heterocycles. The zero-order chi connectivity index (χ0) is 11.7. The summed E-state index contributed by atoms with van der Waals surface area (Å²) in [6.45, 7) is 2.18. The van der Waals surface area contributed by atoms with Gasteiger partial charge >= 0.3 is 5.97 Å². The number of hydrogen-bond donors (Lipinski definition) is 1. The van der Waals surface area contributed by atoms with Crippen molar-refractivity contribution in [3.63, 3.8) is 0 Å². The van der Waals surface area contributed by atoms with Crippen molar-refractivity contribution in [2.24, 2.45) is 47.3 Å². The molecular formula is C15H20O2. The zero-order valence-electron chi connectivity index (χ0n) is 10.3. The van der Waals surface area contributed by atoms with Gasteiger partial charge in [-0.3, -0.25) is 4.79 Å². The number of aliphatic carboxylic acids is 1. The van der Waals surface area contributed by atoms with E-state index in [2.05, 4.69) is 19.1 Å². The van der Waals surface area contributed by atoms with E-state index in [1.54, 1.807) is 0 Å². The number of fused-ring (bicyclic) bond motifs is 9. The van der Waals surface area contributed by atoms with E-state index < -0.39 is 5.97 Å². The van der Waals surface area contributed by atoms with E-state index in [1.165, 1.54) is 12.8 Å². The van der Waals surface area contributed by atoms with E-state index >= 15 is 0 Å². The monoisotopic (exact) mass is 232 g/mol. The molecule has 2 nitrogen and oxygen atoms in total. The quantitative estimate of drug-likeness (QED) is 0.587. The highest BCUT2D eigenvalue weighted by Crippen LogP contribution is 2.69. The van der Waals surface area contributed by atoms with Crippen molar-refractivity contribution in [2.75, 3.05) is 0 Å². The van der Waals surface area contributed by atoms with Crippen molar-refractivity contribution in [1.82, 2.24) is 0 Å². The maximum absolute atomic E-state index is 11.5. The van der Waals surface area contributed by atoms with Crippen molar-refractivity contribution >= 4 is 5.97 Å². The van der Waals surface area contributed by atoms with Crippen LogP contribution in [0.3, 0.4) is 0 Å². The van der Waals surface area contributed by atoms with Gasteiger partial charge < -0.3 is 5.11 Å². The molecule has 92 valence electrons. The molecular weight excluding hydrogens is 212 g/mol. The normalized spacial score (nSPS) is 57.7. The minimum atomic E-state index is -0.519. The Morgan fingerprint density at radius 3 is 2.41 bits per heavy atom. The van der Waals surface area contributed by atoms with Crippen LogP contribution in [0.5, 0.6) is 0 Å². The van der Waals surface area contributed by atoms with Gasteiger partial charge in [0.1, 0.15) is 0 Å². The molecule has 0 saturated heterocycles. The van der Waals surface area contributed by atoms with Crippen LogP contribution in [0.15, 0.2) is 12.2 Å². The Balaban J connectivity index is 1.73. The summed E-state index contributed by atoms with van der Waals surface area (Å²) in [5.74, 6) is 4.21. The van der Waals surface area contributed by atoms with E-state index in [-0.39, 0.29) is 5.92 Å². The summed E-state index contributed by atoms with van der Waals surface area (Å²) < 4.78 is 0. The first-order chi connectivity index (χ1) is 8.22. The van der Waals surface area contributed by atoms with Crippen LogP contribution in [-0.4, -0.2) is 11.1 Å². The molecule has 0 radical (unpaired) electrons. The molecule has 1 N–H and O–H groups in total. The first kappa shape index (κ1) is 10.2. The minimum Gasteiger partial charge on any atom is -0.481 e. The molecule has 0 aromatic carbocycles. The van der Waals surface area contributed by atoms with E-state index in [9.17, 15) is 9.90 Å². The number of carbonyl (C=O) groups is 1. The second-order valence-corrected chi connectivity index (χ2v) is 6.60. The van der Waals surface area contributed by atoms with Gasteiger partial charge in [-0.1, -0.05) is 25.5 Å². The Hall–Kier alpha value is -0.790. The third-order valence-electron chi connectivity index (χ3n) is 6.35. The van der Waals surface area contributed by atoms with Crippen molar-refractivity contribution in [3.05, 3.63) is 12.2 Å². The van der Waals surface area contributed by atoms with Gasteiger partial charge in [-0.15, -0.1) is 0 Å². The molecule has 0 spiro atoms. The van der Waals surface area contributed by atoms with Gasteiger partial charge in [-0.25, -0.2) is 0 Å². The fraction of sp³-hybridized carbons (Fsp3) is 0.800. The fourth-order valence-corrected chi connectivity index (χ4v) is 6.09.